The molecule has 7 nitrogen and oxygen atoms in total. The van der Waals surface area contributed by atoms with Crippen molar-refractivity contribution in [3.05, 3.63) is 34.2 Å². The van der Waals surface area contributed by atoms with Crippen molar-refractivity contribution in [3.8, 4) is 0 Å². The molecule has 8 heteroatoms. The lowest BCUT2D eigenvalue weighted by molar-refractivity contribution is -0.132. The molecule has 2 aromatic rings. The third kappa shape index (κ3) is 5.14. The number of rotatable bonds is 6. The molecular weight excluding hydrogens is 340 g/mol. The third-order valence-corrected chi connectivity index (χ3v) is 5.06. The number of carbonyl (C=O) groups is 2. The van der Waals surface area contributed by atoms with Crippen LogP contribution < -0.4 is 5.32 Å². The van der Waals surface area contributed by atoms with Crippen LogP contribution in [-0.2, 0) is 16.0 Å². The largest absolute Gasteiger partial charge is 0.360 e. The summed E-state index contributed by atoms with van der Waals surface area (Å²) in [6.45, 7) is 5.49. The summed E-state index contributed by atoms with van der Waals surface area (Å²) >= 11 is 1.62. The van der Waals surface area contributed by atoms with Crippen LogP contribution in [0.4, 0.5) is 5.82 Å². The SMILES string of the molecule is Cc1cc(NC(=O)CCN2CCN(C(=O)Cc3cccs3)CC2)no1. The van der Waals surface area contributed by atoms with Crippen molar-refractivity contribution in [3.63, 3.8) is 0 Å². The summed E-state index contributed by atoms with van der Waals surface area (Å²) in [5.41, 5.74) is 0. The van der Waals surface area contributed by atoms with E-state index in [1.165, 1.54) is 0 Å². The van der Waals surface area contributed by atoms with Gasteiger partial charge in [-0.25, -0.2) is 0 Å². The van der Waals surface area contributed by atoms with E-state index in [-0.39, 0.29) is 11.8 Å². The second-order valence-corrected chi connectivity index (χ2v) is 7.13. The summed E-state index contributed by atoms with van der Waals surface area (Å²) < 4.78 is 4.92. The van der Waals surface area contributed by atoms with Crippen LogP contribution in [0.25, 0.3) is 0 Å². The molecule has 0 unspecified atom stereocenters. The van der Waals surface area contributed by atoms with Crippen LogP contribution >= 0.6 is 11.3 Å². The predicted octanol–water partition coefficient (Wildman–Crippen LogP) is 1.76. The molecule has 1 N–H and O–H groups in total. The van der Waals surface area contributed by atoms with Gasteiger partial charge in [0.15, 0.2) is 5.82 Å². The number of hydrogen-bond acceptors (Lipinski definition) is 6. The number of amides is 2. The summed E-state index contributed by atoms with van der Waals surface area (Å²) in [5, 5.41) is 8.46. The Kier molecular flexibility index (Phi) is 5.83. The Labute approximate surface area is 150 Å². The first kappa shape index (κ1) is 17.6. The molecule has 0 bridgehead atoms. The second kappa shape index (κ2) is 8.26. The Morgan fingerprint density at radius 2 is 2.12 bits per heavy atom. The van der Waals surface area contributed by atoms with Crippen molar-refractivity contribution in [1.29, 1.82) is 0 Å². The summed E-state index contributed by atoms with van der Waals surface area (Å²) in [5.74, 6) is 1.22. The first-order valence-corrected chi connectivity index (χ1v) is 9.24. The topological polar surface area (TPSA) is 78.7 Å². The Hall–Kier alpha value is -2.19. The van der Waals surface area contributed by atoms with E-state index >= 15 is 0 Å². The number of hydrogen-bond donors (Lipinski definition) is 1. The first-order valence-electron chi connectivity index (χ1n) is 8.36. The van der Waals surface area contributed by atoms with E-state index < -0.39 is 0 Å². The predicted molar refractivity (Wildman–Crippen MR) is 95.5 cm³/mol. The van der Waals surface area contributed by atoms with Crippen LogP contribution in [0, 0.1) is 6.92 Å². The van der Waals surface area contributed by atoms with E-state index in [0.717, 1.165) is 18.0 Å². The van der Waals surface area contributed by atoms with Gasteiger partial charge in [-0.3, -0.25) is 14.5 Å². The minimum atomic E-state index is -0.0792. The normalized spacial score (nSPS) is 15.3. The Morgan fingerprint density at radius 1 is 1.32 bits per heavy atom. The van der Waals surface area contributed by atoms with Crippen molar-refractivity contribution in [1.82, 2.24) is 15.0 Å². The number of carbonyl (C=O) groups excluding carboxylic acids is 2. The highest BCUT2D eigenvalue weighted by atomic mass is 32.1. The number of thiophene rings is 1. The van der Waals surface area contributed by atoms with Crippen LogP contribution in [0.5, 0.6) is 0 Å². The summed E-state index contributed by atoms with van der Waals surface area (Å²) in [7, 11) is 0. The fraction of sp³-hybridized carbons (Fsp3) is 0.471. The summed E-state index contributed by atoms with van der Waals surface area (Å²) in [6, 6.07) is 5.65. The molecule has 3 rings (SSSR count). The fourth-order valence-corrected chi connectivity index (χ4v) is 3.48. The van der Waals surface area contributed by atoms with Crippen LogP contribution in [0.15, 0.2) is 28.1 Å². The van der Waals surface area contributed by atoms with Crippen LogP contribution in [0.1, 0.15) is 17.1 Å². The number of piperazine rings is 1. The lowest BCUT2D eigenvalue weighted by Crippen LogP contribution is -2.49. The third-order valence-electron chi connectivity index (χ3n) is 4.18. The van der Waals surface area contributed by atoms with E-state index in [9.17, 15) is 9.59 Å². The molecule has 0 saturated carbocycles. The van der Waals surface area contributed by atoms with Crippen molar-refractivity contribution < 1.29 is 14.1 Å². The van der Waals surface area contributed by atoms with Gasteiger partial charge in [-0.05, 0) is 18.4 Å². The number of nitrogens with one attached hydrogen (secondary N) is 1. The van der Waals surface area contributed by atoms with Gasteiger partial charge in [-0.1, -0.05) is 11.2 Å². The van der Waals surface area contributed by atoms with Crippen molar-refractivity contribution >= 4 is 29.0 Å². The molecule has 1 fully saturated rings. The van der Waals surface area contributed by atoms with E-state index in [1.54, 1.807) is 24.3 Å². The van der Waals surface area contributed by atoms with Gasteiger partial charge in [0, 0.05) is 50.1 Å². The zero-order valence-electron chi connectivity index (χ0n) is 14.2. The smallest absolute Gasteiger partial charge is 0.227 e. The molecule has 134 valence electrons. The summed E-state index contributed by atoms with van der Waals surface area (Å²) in [6.07, 6.45) is 0.881. The number of nitrogens with zero attached hydrogens (tertiary/aromatic N) is 3. The highest BCUT2D eigenvalue weighted by Crippen LogP contribution is 2.12. The molecule has 3 heterocycles. The quantitative estimate of drug-likeness (QED) is 0.847. The van der Waals surface area contributed by atoms with Crippen molar-refractivity contribution in [2.24, 2.45) is 0 Å². The van der Waals surface area contributed by atoms with Gasteiger partial charge in [-0.15, -0.1) is 11.3 Å². The van der Waals surface area contributed by atoms with Gasteiger partial charge in [0.2, 0.25) is 11.8 Å². The molecule has 1 saturated heterocycles. The van der Waals surface area contributed by atoms with E-state index in [2.05, 4.69) is 15.4 Å². The second-order valence-electron chi connectivity index (χ2n) is 6.10. The Bertz CT molecular complexity index is 705. The molecule has 25 heavy (non-hydrogen) atoms. The highest BCUT2D eigenvalue weighted by Gasteiger charge is 2.21. The monoisotopic (exact) mass is 362 g/mol. The first-order chi connectivity index (χ1) is 12.1. The molecule has 2 aromatic heterocycles. The fourth-order valence-electron chi connectivity index (χ4n) is 2.79. The number of aryl methyl sites for hydroxylation is 1. The van der Waals surface area contributed by atoms with Gasteiger partial charge >= 0.3 is 0 Å². The number of anilines is 1. The molecule has 1 aliphatic heterocycles. The van der Waals surface area contributed by atoms with Gasteiger partial charge in [0.25, 0.3) is 0 Å². The van der Waals surface area contributed by atoms with Gasteiger partial charge in [0.1, 0.15) is 5.76 Å². The van der Waals surface area contributed by atoms with Crippen molar-refractivity contribution in [2.75, 3.05) is 38.0 Å². The zero-order chi connectivity index (χ0) is 17.6. The van der Waals surface area contributed by atoms with Gasteiger partial charge in [0.05, 0.1) is 6.42 Å². The van der Waals surface area contributed by atoms with E-state index in [0.29, 0.717) is 44.1 Å². The lowest BCUT2D eigenvalue weighted by atomic mass is 10.2. The molecule has 2 amide bonds. The zero-order valence-corrected chi connectivity index (χ0v) is 15.1. The average molecular weight is 362 g/mol. The maximum absolute atomic E-state index is 12.3. The van der Waals surface area contributed by atoms with Gasteiger partial charge < -0.3 is 14.7 Å². The molecular formula is C17H22N4O3S. The molecule has 0 aromatic carbocycles. The maximum Gasteiger partial charge on any atom is 0.227 e. The number of aromatic nitrogens is 1. The Balaban J connectivity index is 1.36. The van der Waals surface area contributed by atoms with Crippen LogP contribution in [0.3, 0.4) is 0 Å². The highest BCUT2D eigenvalue weighted by molar-refractivity contribution is 7.10. The molecule has 0 spiro atoms. The molecule has 0 aliphatic carbocycles. The molecule has 0 atom stereocenters. The van der Waals surface area contributed by atoms with Gasteiger partial charge in [-0.2, -0.15) is 0 Å². The Morgan fingerprint density at radius 3 is 2.76 bits per heavy atom. The van der Waals surface area contributed by atoms with E-state index in [4.69, 9.17) is 4.52 Å². The summed E-state index contributed by atoms with van der Waals surface area (Å²) in [4.78, 5) is 29.4. The molecule has 0 radical (unpaired) electrons. The molecule has 1 aliphatic rings. The van der Waals surface area contributed by atoms with Crippen LogP contribution in [0.2, 0.25) is 0 Å². The van der Waals surface area contributed by atoms with E-state index in [1.807, 2.05) is 22.4 Å². The maximum atomic E-state index is 12.3. The lowest BCUT2D eigenvalue weighted by Gasteiger charge is -2.34. The standard InChI is InChI=1S/C17H22N4O3S/c1-13-11-15(19-24-13)18-16(22)4-5-20-6-8-21(9-7-20)17(23)12-14-3-2-10-25-14/h2-3,10-11H,4-9,12H2,1H3,(H,18,19,22). The minimum Gasteiger partial charge on any atom is -0.360 e. The van der Waals surface area contributed by atoms with Crippen LogP contribution in [-0.4, -0.2) is 59.5 Å². The minimum absolute atomic E-state index is 0.0792. The van der Waals surface area contributed by atoms with Crippen molar-refractivity contribution in [2.45, 2.75) is 19.8 Å². The average Bonchev–Trinajstić information content (AvgIpc) is 3.25.